The minimum atomic E-state index is -0.119. The van der Waals surface area contributed by atoms with Gasteiger partial charge in [-0.05, 0) is 43.9 Å². The summed E-state index contributed by atoms with van der Waals surface area (Å²) in [7, 11) is 1.86. The summed E-state index contributed by atoms with van der Waals surface area (Å²) in [5, 5.41) is 11.5. The van der Waals surface area contributed by atoms with Crippen molar-refractivity contribution in [2.45, 2.75) is 32.3 Å². The minimum absolute atomic E-state index is 0.0512. The van der Waals surface area contributed by atoms with Crippen LogP contribution in [-0.2, 0) is 7.05 Å². The third-order valence-corrected chi connectivity index (χ3v) is 6.30. The summed E-state index contributed by atoms with van der Waals surface area (Å²) >= 11 is 0. The minimum Gasteiger partial charge on any atom is -0.489 e. The number of likely N-dealkylation sites (tertiary alicyclic amines) is 1. The highest BCUT2D eigenvalue weighted by Crippen LogP contribution is 2.34. The van der Waals surface area contributed by atoms with Crippen molar-refractivity contribution in [2.75, 3.05) is 13.1 Å². The average Bonchev–Trinajstić information content (AvgIpc) is 3.39. The number of piperidine rings is 1. The predicted octanol–water partition coefficient (Wildman–Crippen LogP) is 3.00. The van der Waals surface area contributed by atoms with Crippen molar-refractivity contribution in [3.63, 3.8) is 0 Å². The average molecular weight is 419 g/mol. The molecule has 5 rings (SSSR count). The first-order valence-electron chi connectivity index (χ1n) is 10.6. The molecule has 0 aliphatic carbocycles. The van der Waals surface area contributed by atoms with Gasteiger partial charge in [0, 0.05) is 38.3 Å². The van der Waals surface area contributed by atoms with Crippen LogP contribution in [0.2, 0.25) is 0 Å². The smallest absolute Gasteiger partial charge is 0.271 e. The topological polar surface area (TPSA) is 93.1 Å². The Hall–Kier alpha value is -3.42. The number of carbonyl (C=O) groups is 2. The highest BCUT2D eigenvalue weighted by molar-refractivity contribution is 5.99. The van der Waals surface area contributed by atoms with Crippen LogP contribution < -0.4 is 4.74 Å². The largest absolute Gasteiger partial charge is 0.489 e. The van der Waals surface area contributed by atoms with E-state index in [2.05, 4.69) is 15.3 Å². The Morgan fingerprint density at radius 2 is 1.97 bits per heavy atom. The molecule has 8 nitrogen and oxygen atoms in total. The van der Waals surface area contributed by atoms with Crippen LogP contribution >= 0.6 is 0 Å². The number of carbonyl (C=O) groups excluding carboxylic acids is 2. The number of amides is 1. The van der Waals surface area contributed by atoms with Gasteiger partial charge in [0.05, 0.1) is 17.0 Å². The Kier molecular flexibility index (Phi) is 4.84. The van der Waals surface area contributed by atoms with E-state index in [1.54, 1.807) is 10.7 Å². The molecule has 1 unspecified atom stereocenters. The fourth-order valence-electron chi connectivity index (χ4n) is 4.63. The van der Waals surface area contributed by atoms with Gasteiger partial charge in [-0.15, -0.1) is 0 Å². The van der Waals surface area contributed by atoms with E-state index < -0.39 is 0 Å². The maximum absolute atomic E-state index is 13.0. The summed E-state index contributed by atoms with van der Waals surface area (Å²) < 4.78 is 7.88. The second-order valence-corrected chi connectivity index (χ2v) is 8.38. The molecule has 31 heavy (non-hydrogen) atoms. The molecule has 2 aromatic heterocycles. The number of para-hydroxylation sites is 1. The third-order valence-electron chi connectivity index (χ3n) is 6.30. The fourth-order valence-corrected chi connectivity index (χ4v) is 4.63. The van der Waals surface area contributed by atoms with Crippen LogP contribution in [0.3, 0.4) is 0 Å². The third kappa shape index (κ3) is 3.62. The summed E-state index contributed by atoms with van der Waals surface area (Å²) in [5.74, 6) is 1.03. The van der Waals surface area contributed by atoms with Gasteiger partial charge in [0.15, 0.2) is 5.78 Å². The molecule has 3 aromatic rings. The van der Waals surface area contributed by atoms with E-state index in [-0.39, 0.29) is 23.7 Å². The molecule has 0 bridgehead atoms. The summed E-state index contributed by atoms with van der Waals surface area (Å²) in [6.45, 7) is 3.20. The molecular formula is C23H25N5O3. The summed E-state index contributed by atoms with van der Waals surface area (Å²) in [6.07, 6.45) is 3.81. The summed E-state index contributed by atoms with van der Waals surface area (Å²) in [5.41, 5.74) is 3.66. The monoisotopic (exact) mass is 419 g/mol. The molecule has 0 radical (unpaired) electrons. The van der Waals surface area contributed by atoms with Gasteiger partial charge >= 0.3 is 0 Å². The first-order valence-corrected chi connectivity index (χ1v) is 10.6. The van der Waals surface area contributed by atoms with E-state index >= 15 is 0 Å². The maximum Gasteiger partial charge on any atom is 0.271 e. The molecule has 1 N–H and O–H groups in total. The quantitative estimate of drug-likeness (QED) is 0.704. The van der Waals surface area contributed by atoms with Gasteiger partial charge in [-0.25, -0.2) is 0 Å². The molecule has 2 aliphatic rings. The van der Waals surface area contributed by atoms with Gasteiger partial charge in [0.2, 0.25) is 0 Å². The standard InChI is InChI=1S/C23H25N5O3/c1-14-17(13-27(2)26-14)18-11-19(25-24-18)23(30)28-9-7-15(8-10-28)22-12-20(29)16-5-3-4-6-21(16)31-22/h3-6,11,13,15,22H,7-10,12H2,1-2H3,(H,24,25). The van der Waals surface area contributed by atoms with Gasteiger partial charge in [-0.1, -0.05) is 12.1 Å². The van der Waals surface area contributed by atoms with E-state index in [9.17, 15) is 9.59 Å². The van der Waals surface area contributed by atoms with E-state index in [0.717, 1.165) is 29.8 Å². The number of nitrogens with one attached hydrogen (secondary N) is 1. The number of Topliss-reactive ketones (excluding diaryl/α,β-unsaturated/α-hetero) is 1. The van der Waals surface area contributed by atoms with Crippen LogP contribution in [0.5, 0.6) is 5.75 Å². The molecule has 1 saturated heterocycles. The first-order chi connectivity index (χ1) is 15.0. The van der Waals surface area contributed by atoms with Crippen LogP contribution in [0.4, 0.5) is 0 Å². The van der Waals surface area contributed by atoms with Crippen molar-refractivity contribution in [1.82, 2.24) is 24.9 Å². The number of rotatable bonds is 3. The van der Waals surface area contributed by atoms with Crippen molar-refractivity contribution in [2.24, 2.45) is 13.0 Å². The zero-order chi connectivity index (χ0) is 21.5. The van der Waals surface area contributed by atoms with Crippen molar-refractivity contribution in [3.05, 3.63) is 53.5 Å². The lowest BCUT2D eigenvalue weighted by Gasteiger charge is -2.37. The Bertz CT molecular complexity index is 1140. The molecule has 1 fully saturated rings. The molecule has 8 heteroatoms. The van der Waals surface area contributed by atoms with E-state index in [1.165, 1.54) is 0 Å². The lowest BCUT2D eigenvalue weighted by Crippen LogP contribution is -2.44. The molecule has 1 aromatic carbocycles. The first kappa shape index (κ1) is 19.5. The van der Waals surface area contributed by atoms with Gasteiger partial charge in [0.25, 0.3) is 5.91 Å². The number of aryl methyl sites for hydroxylation is 2. The number of ether oxygens (including phenoxy) is 1. The van der Waals surface area contributed by atoms with Crippen LogP contribution in [-0.4, -0.2) is 55.8 Å². The Balaban J connectivity index is 1.23. The van der Waals surface area contributed by atoms with Crippen LogP contribution in [0.15, 0.2) is 36.5 Å². The number of aromatic nitrogens is 4. The Morgan fingerprint density at radius 3 is 2.71 bits per heavy atom. The molecular weight excluding hydrogens is 394 g/mol. The van der Waals surface area contributed by atoms with Crippen LogP contribution in [0, 0.1) is 12.8 Å². The zero-order valence-electron chi connectivity index (χ0n) is 17.7. The maximum atomic E-state index is 13.0. The number of fused-ring (bicyclic) bond motifs is 1. The lowest BCUT2D eigenvalue weighted by molar-refractivity contribution is 0.0449. The van der Waals surface area contributed by atoms with Crippen molar-refractivity contribution in [1.29, 1.82) is 0 Å². The summed E-state index contributed by atoms with van der Waals surface area (Å²) in [6, 6.07) is 9.22. The molecule has 1 amide bonds. The molecule has 0 saturated carbocycles. The molecule has 2 aliphatic heterocycles. The molecule has 1 atom stereocenters. The Morgan fingerprint density at radius 1 is 1.19 bits per heavy atom. The highest BCUT2D eigenvalue weighted by atomic mass is 16.5. The second-order valence-electron chi connectivity index (χ2n) is 8.38. The van der Waals surface area contributed by atoms with Crippen LogP contribution in [0.1, 0.15) is 45.8 Å². The number of hydrogen-bond acceptors (Lipinski definition) is 5. The number of nitrogens with zero attached hydrogens (tertiary/aromatic N) is 4. The number of hydrogen-bond donors (Lipinski definition) is 1. The molecule has 4 heterocycles. The van der Waals surface area contributed by atoms with Gasteiger partial charge in [-0.2, -0.15) is 10.2 Å². The molecule has 160 valence electrons. The highest BCUT2D eigenvalue weighted by Gasteiger charge is 2.35. The van der Waals surface area contributed by atoms with Crippen molar-refractivity contribution < 1.29 is 14.3 Å². The Labute approximate surface area is 180 Å². The predicted molar refractivity (Wildman–Crippen MR) is 114 cm³/mol. The van der Waals surface area contributed by atoms with Gasteiger partial charge in [0.1, 0.15) is 17.5 Å². The fraction of sp³-hybridized carbons (Fsp3) is 0.391. The molecule has 0 spiro atoms. The number of ketones is 1. The number of H-pyrrole nitrogens is 1. The van der Waals surface area contributed by atoms with Crippen LogP contribution in [0.25, 0.3) is 11.3 Å². The number of benzene rings is 1. The van der Waals surface area contributed by atoms with Crippen molar-refractivity contribution in [3.8, 4) is 17.0 Å². The second kappa shape index (κ2) is 7.68. The van der Waals surface area contributed by atoms with E-state index in [1.807, 2.05) is 49.3 Å². The SMILES string of the molecule is Cc1nn(C)cc1-c1cc(C(=O)N2CCC(C3CC(=O)c4ccccc4O3)CC2)[nH]n1. The van der Waals surface area contributed by atoms with E-state index in [0.29, 0.717) is 36.5 Å². The summed E-state index contributed by atoms with van der Waals surface area (Å²) in [4.78, 5) is 27.3. The lowest BCUT2D eigenvalue weighted by atomic mass is 9.86. The number of aromatic amines is 1. The van der Waals surface area contributed by atoms with Gasteiger partial charge < -0.3 is 9.64 Å². The zero-order valence-corrected chi connectivity index (χ0v) is 17.7. The van der Waals surface area contributed by atoms with Crippen molar-refractivity contribution >= 4 is 11.7 Å². The van der Waals surface area contributed by atoms with E-state index in [4.69, 9.17) is 4.74 Å². The normalized spacial score (nSPS) is 19.2. The van der Waals surface area contributed by atoms with Gasteiger partial charge in [-0.3, -0.25) is 19.4 Å².